The van der Waals surface area contributed by atoms with E-state index in [9.17, 15) is 10.2 Å². The van der Waals surface area contributed by atoms with Crippen LogP contribution >= 0.6 is 0 Å². The van der Waals surface area contributed by atoms with Crippen LogP contribution in [0.2, 0.25) is 0 Å². The van der Waals surface area contributed by atoms with Crippen molar-refractivity contribution < 1.29 is 29.7 Å². The molecule has 0 atom stereocenters. The van der Waals surface area contributed by atoms with E-state index in [1.54, 1.807) is 25.3 Å². The van der Waals surface area contributed by atoms with Crippen LogP contribution in [0, 0.1) is 20.8 Å². The molecule has 2 heterocycles. The van der Waals surface area contributed by atoms with Crippen LogP contribution in [0.15, 0.2) is 77.1 Å². The van der Waals surface area contributed by atoms with Gasteiger partial charge in [0.05, 0.1) is 17.1 Å². The minimum absolute atomic E-state index is 0. The third-order valence-electron chi connectivity index (χ3n) is 5.16. The summed E-state index contributed by atoms with van der Waals surface area (Å²) >= 11 is 0. The average molecular weight is 477 g/mol. The van der Waals surface area contributed by atoms with Gasteiger partial charge in [-0.2, -0.15) is 15.3 Å². The molecule has 4 aromatic rings. The summed E-state index contributed by atoms with van der Waals surface area (Å²) in [6.07, 6.45) is 1.75. The van der Waals surface area contributed by atoms with Gasteiger partial charge in [0.25, 0.3) is 0 Å². The molecule has 4 rings (SSSR count). The quantitative estimate of drug-likeness (QED) is 0.207. The van der Waals surface area contributed by atoms with E-state index in [0.29, 0.717) is 33.9 Å². The molecule has 8 heteroatoms. The summed E-state index contributed by atoms with van der Waals surface area (Å²) in [6.45, 7) is 5.50. The maximum absolute atomic E-state index is 13.3. The molecule has 0 saturated heterocycles. The van der Waals surface area contributed by atoms with Crippen molar-refractivity contribution in [2.45, 2.75) is 20.8 Å². The van der Waals surface area contributed by atoms with Crippen LogP contribution in [0.25, 0.3) is 5.69 Å². The summed E-state index contributed by atoms with van der Waals surface area (Å²) in [5, 5.41) is 38.5. The van der Waals surface area contributed by atoms with Gasteiger partial charge in [-0.05, 0) is 44.0 Å². The van der Waals surface area contributed by atoms with Gasteiger partial charge in [0.1, 0.15) is 5.71 Å². The number of aryl methyl sites for hydroxylation is 2. The van der Waals surface area contributed by atoms with Gasteiger partial charge in [0.2, 0.25) is 0 Å². The van der Waals surface area contributed by atoms with Crippen molar-refractivity contribution in [3.05, 3.63) is 101 Å². The van der Waals surface area contributed by atoms with E-state index in [-0.39, 0.29) is 25.4 Å². The zero-order chi connectivity index (χ0) is 22.0. The molecular formula is C24H21N5O2Zn. The first-order chi connectivity index (χ1) is 15.0. The largest absolute Gasteiger partial charge is 2.00 e. The maximum Gasteiger partial charge on any atom is 2.00 e. The first-order valence-corrected chi connectivity index (χ1v) is 9.82. The van der Waals surface area contributed by atoms with E-state index in [2.05, 4.69) is 20.3 Å². The molecular weight excluding hydrogens is 456 g/mol. The van der Waals surface area contributed by atoms with E-state index < -0.39 is 5.90 Å². The van der Waals surface area contributed by atoms with E-state index in [1.807, 2.05) is 62.4 Å². The van der Waals surface area contributed by atoms with Gasteiger partial charge in [0.15, 0.2) is 0 Å². The molecule has 0 aliphatic heterocycles. The second-order valence-corrected chi connectivity index (χ2v) is 7.20. The standard InChI is InChI=1S/C24H23N5O2.Zn/c1-15-14-25-21(16(15)2)23(30)27-26-22(18-10-6-4-7-11-18)20-17(3)28-29(24(20)31)19-12-8-5-9-13-19;/h4-14,25,31H,1-3H3,(H,27,30);/q;+2/p-2/b26-22+;. The molecule has 156 valence electrons. The number of para-hydroxylation sites is 1. The molecule has 1 N–H and O–H groups in total. The predicted octanol–water partition coefficient (Wildman–Crippen LogP) is 2.76. The molecule has 32 heavy (non-hydrogen) atoms. The third-order valence-corrected chi connectivity index (χ3v) is 5.16. The van der Waals surface area contributed by atoms with Gasteiger partial charge in [0, 0.05) is 29.1 Å². The molecule has 0 saturated carbocycles. The van der Waals surface area contributed by atoms with Gasteiger partial charge in [-0.1, -0.05) is 48.5 Å². The Morgan fingerprint density at radius 1 is 0.938 bits per heavy atom. The fourth-order valence-electron chi connectivity index (χ4n) is 3.33. The van der Waals surface area contributed by atoms with Crippen LogP contribution in [-0.4, -0.2) is 26.4 Å². The Labute approximate surface area is 198 Å². The Bertz CT molecular complexity index is 1270. The molecule has 0 unspecified atom stereocenters. The van der Waals surface area contributed by atoms with Gasteiger partial charge >= 0.3 is 19.5 Å². The smallest absolute Gasteiger partial charge is 0.858 e. The van der Waals surface area contributed by atoms with Crippen LogP contribution in [0.4, 0.5) is 0 Å². The zero-order valence-electron chi connectivity index (χ0n) is 18.2. The Morgan fingerprint density at radius 2 is 1.56 bits per heavy atom. The number of hydrogen-bond donors (Lipinski definition) is 1. The number of rotatable bonds is 5. The van der Waals surface area contributed by atoms with E-state index >= 15 is 0 Å². The number of nitrogens with one attached hydrogen (secondary N) is 1. The minimum Gasteiger partial charge on any atom is -0.858 e. The van der Waals surface area contributed by atoms with Crippen molar-refractivity contribution in [1.82, 2.24) is 14.8 Å². The first-order valence-electron chi connectivity index (χ1n) is 9.82. The molecule has 0 amide bonds. The molecule has 0 spiro atoms. The molecule has 0 aliphatic carbocycles. The monoisotopic (exact) mass is 475 g/mol. The SMILES string of the molecule is Cc1c[nH]c(/C([O-])=N/N=C(\c2ccccc2)c2c(C)nn(-c3ccccc3)c2[O-])c1C.[Zn+2]. The summed E-state index contributed by atoms with van der Waals surface area (Å²) in [6, 6.07) is 18.4. The van der Waals surface area contributed by atoms with E-state index in [0.717, 1.165) is 11.1 Å². The number of nitrogens with zero attached hydrogens (tertiary/aromatic N) is 4. The van der Waals surface area contributed by atoms with Crippen molar-refractivity contribution >= 4 is 11.6 Å². The molecule has 0 radical (unpaired) electrons. The summed E-state index contributed by atoms with van der Waals surface area (Å²) in [7, 11) is 0. The van der Waals surface area contributed by atoms with Crippen LogP contribution in [0.5, 0.6) is 5.88 Å². The fourth-order valence-corrected chi connectivity index (χ4v) is 3.33. The van der Waals surface area contributed by atoms with Crippen molar-refractivity contribution in [2.75, 3.05) is 0 Å². The van der Waals surface area contributed by atoms with Crippen molar-refractivity contribution in [1.29, 1.82) is 0 Å². The molecule has 2 aromatic heterocycles. The van der Waals surface area contributed by atoms with Crippen molar-refractivity contribution in [3.63, 3.8) is 0 Å². The second kappa shape index (κ2) is 9.75. The van der Waals surface area contributed by atoms with Gasteiger partial charge in [-0.3, -0.25) is 0 Å². The van der Waals surface area contributed by atoms with Crippen LogP contribution < -0.4 is 10.2 Å². The topological polar surface area (TPSA) is 104 Å². The maximum atomic E-state index is 13.3. The summed E-state index contributed by atoms with van der Waals surface area (Å²) in [5.41, 5.74) is 4.62. The molecule has 0 bridgehead atoms. The number of aromatic nitrogens is 3. The van der Waals surface area contributed by atoms with Gasteiger partial charge in [-0.25, -0.2) is 4.68 Å². The predicted molar refractivity (Wildman–Crippen MR) is 117 cm³/mol. The van der Waals surface area contributed by atoms with Gasteiger partial charge in [-0.15, -0.1) is 0 Å². The van der Waals surface area contributed by atoms with Crippen molar-refractivity contribution in [2.24, 2.45) is 10.2 Å². The van der Waals surface area contributed by atoms with Crippen LogP contribution in [0.3, 0.4) is 0 Å². The molecule has 0 aliphatic rings. The van der Waals surface area contributed by atoms with Crippen molar-refractivity contribution in [3.8, 4) is 11.6 Å². The average Bonchev–Trinajstić information content (AvgIpc) is 3.28. The third kappa shape index (κ3) is 4.41. The second-order valence-electron chi connectivity index (χ2n) is 7.20. The Kier molecular flexibility index (Phi) is 7.06. The summed E-state index contributed by atoms with van der Waals surface area (Å²) < 4.78 is 1.34. The number of aromatic amines is 1. The fraction of sp³-hybridized carbons (Fsp3) is 0.125. The Balaban J connectivity index is 0.00000289. The Hall–Kier alpha value is -3.51. The minimum atomic E-state index is -0.500. The van der Waals surface area contributed by atoms with E-state index in [4.69, 9.17) is 0 Å². The molecule has 2 aromatic carbocycles. The van der Waals surface area contributed by atoms with Crippen LogP contribution in [0.1, 0.15) is 33.6 Å². The summed E-state index contributed by atoms with van der Waals surface area (Å²) in [4.78, 5) is 2.93. The number of H-pyrrole nitrogens is 1. The first kappa shape index (κ1) is 23.2. The van der Waals surface area contributed by atoms with Crippen LogP contribution in [-0.2, 0) is 19.5 Å². The summed E-state index contributed by atoms with van der Waals surface area (Å²) in [5.74, 6) is -0.819. The molecule has 0 fully saturated rings. The normalized spacial score (nSPS) is 12.0. The van der Waals surface area contributed by atoms with E-state index in [1.165, 1.54) is 4.68 Å². The number of hydrogen-bond acceptors (Lipinski definition) is 5. The zero-order valence-corrected chi connectivity index (χ0v) is 21.1. The Morgan fingerprint density at radius 3 is 2.16 bits per heavy atom. The number of benzene rings is 2. The molecule has 7 nitrogen and oxygen atoms in total. The van der Waals surface area contributed by atoms with Gasteiger partial charge < -0.3 is 15.2 Å².